The molecule has 37 heavy (non-hydrogen) atoms. The van der Waals surface area contributed by atoms with Gasteiger partial charge in [-0.2, -0.15) is 0 Å². The number of hydrogen-bond acceptors (Lipinski definition) is 6. The third kappa shape index (κ3) is 5.18. The second-order valence-electron chi connectivity index (χ2n) is 8.52. The number of rotatable bonds is 8. The summed E-state index contributed by atoms with van der Waals surface area (Å²) >= 11 is 0. The van der Waals surface area contributed by atoms with Crippen LogP contribution in [0.2, 0.25) is 0 Å². The molecule has 1 saturated heterocycles. The van der Waals surface area contributed by atoms with Crippen LogP contribution in [-0.2, 0) is 17.9 Å². The first-order chi connectivity index (χ1) is 17.7. The fourth-order valence-electron chi connectivity index (χ4n) is 4.29. The number of benzene rings is 2. The Balaban J connectivity index is 1.64. The van der Waals surface area contributed by atoms with E-state index in [9.17, 15) is 22.4 Å². The summed E-state index contributed by atoms with van der Waals surface area (Å²) in [7, 11) is 1.46. The molecular weight excluding hydrogens is 498 g/mol. The monoisotopic (exact) mass is 521 g/mol. The van der Waals surface area contributed by atoms with Crippen LogP contribution >= 0.6 is 0 Å². The molecule has 9 nitrogen and oxygen atoms in total. The largest absolute Gasteiger partial charge is 0.573 e. The van der Waals surface area contributed by atoms with Crippen LogP contribution in [0.5, 0.6) is 11.6 Å². The van der Waals surface area contributed by atoms with Crippen molar-refractivity contribution in [3.8, 4) is 17.3 Å². The Morgan fingerprint density at radius 2 is 1.92 bits per heavy atom. The number of aromatic nitrogens is 4. The number of imidazole rings is 1. The summed E-state index contributed by atoms with van der Waals surface area (Å²) in [4.78, 5) is 15.8. The van der Waals surface area contributed by atoms with Crippen molar-refractivity contribution in [1.82, 2.24) is 24.6 Å². The minimum atomic E-state index is -4.94. The van der Waals surface area contributed by atoms with Gasteiger partial charge < -0.3 is 19.5 Å². The van der Waals surface area contributed by atoms with Gasteiger partial charge in [0.05, 0.1) is 18.8 Å². The summed E-state index contributed by atoms with van der Waals surface area (Å²) < 4.78 is 71.5. The Bertz CT molecular complexity index is 1450. The van der Waals surface area contributed by atoms with E-state index >= 15 is 0 Å². The first-order valence-corrected chi connectivity index (χ1v) is 11.4. The van der Waals surface area contributed by atoms with Crippen molar-refractivity contribution in [2.24, 2.45) is 0 Å². The molecule has 0 amide bonds. The quantitative estimate of drug-likeness (QED) is 0.346. The van der Waals surface area contributed by atoms with Crippen molar-refractivity contribution in [2.75, 3.05) is 20.2 Å². The predicted octanol–water partition coefficient (Wildman–Crippen LogP) is 3.30. The van der Waals surface area contributed by atoms with E-state index in [4.69, 9.17) is 9.47 Å². The van der Waals surface area contributed by atoms with Gasteiger partial charge in [0, 0.05) is 25.8 Å². The van der Waals surface area contributed by atoms with Gasteiger partial charge in [-0.05, 0) is 29.8 Å². The first-order valence-electron chi connectivity index (χ1n) is 11.4. The topological polar surface area (TPSA) is 95.3 Å². The molecule has 0 aliphatic carbocycles. The fourth-order valence-corrected chi connectivity index (χ4v) is 4.29. The number of alkyl halides is 4. The van der Waals surface area contributed by atoms with Crippen molar-refractivity contribution in [3.63, 3.8) is 0 Å². The van der Waals surface area contributed by atoms with E-state index in [0.717, 1.165) is 0 Å². The Kier molecular flexibility index (Phi) is 6.65. The summed E-state index contributed by atoms with van der Waals surface area (Å²) in [6.45, 7) is 0.181. The standard InChI is InChI=1S/C24H23F4N5O4/c1-35-13-14-7-8-18(37-24(26,27)28)15(9-14)12-32-20-21(30-23(32)34)33(16-5-3-2-4-6-16)31-22(20)36-19-11-29-10-17(19)25/h2-9,17,19,29H,10-13H2,1H3,(H,30,34). The summed E-state index contributed by atoms with van der Waals surface area (Å²) in [6.07, 6.45) is -7.09. The number of nitrogens with one attached hydrogen (secondary N) is 2. The molecule has 0 bridgehead atoms. The normalized spacial score (nSPS) is 18.0. The van der Waals surface area contributed by atoms with Crippen LogP contribution < -0.4 is 20.5 Å². The maximum Gasteiger partial charge on any atom is 0.573 e. The highest BCUT2D eigenvalue weighted by Gasteiger charge is 2.34. The number of nitrogens with zero attached hydrogens (tertiary/aromatic N) is 3. The SMILES string of the molecule is COCc1ccc(OC(F)(F)F)c(Cn2c(=O)[nH]c3c2c(OC2CNCC2F)nn3-c2ccccc2)c1. The molecule has 2 atom stereocenters. The number of hydrogen-bond donors (Lipinski definition) is 2. The Hall–Kier alpha value is -3.84. The smallest absolute Gasteiger partial charge is 0.467 e. The molecule has 0 radical (unpaired) electrons. The van der Waals surface area contributed by atoms with Crippen molar-refractivity contribution in [3.05, 3.63) is 70.1 Å². The minimum absolute atomic E-state index is 0.0279. The lowest BCUT2D eigenvalue weighted by molar-refractivity contribution is -0.274. The van der Waals surface area contributed by atoms with Crippen molar-refractivity contribution >= 4 is 11.2 Å². The molecule has 13 heteroatoms. The van der Waals surface area contributed by atoms with Gasteiger partial charge in [0.15, 0.2) is 17.3 Å². The fraction of sp³-hybridized carbons (Fsp3) is 0.333. The van der Waals surface area contributed by atoms with Gasteiger partial charge in [0.2, 0.25) is 0 Å². The van der Waals surface area contributed by atoms with Gasteiger partial charge in [0.25, 0.3) is 5.88 Å². The molecule has 2 unspecified atom stereocenters. The number of H-pyrrole nitrogens is 1. The van der Waals surface area contributed by atoms with Gasteiger partial charge in [-0.15, -0.1) is 18.3 Å². The number of para-hydroxylation sites is 1. The maximum atomic E-state index is 14.4. The molecular formula is C24H23F4N5O4. The van der Waals surface area contributed by atoms with E-state index in [2.05, 4.69) is 20.1 Å². The summed E-state index contributed by atoms with van der Waals surface area (Å²) in [5, 5.41) is 7.36. The summed E-state index contributed by atoms with van der Waals surface area (Å²) in [5.74, 6) is -0.491. The van der Waals surface area contributed by atoms with Crippen LogP contribution in [0.4, 0.5) is 17.6 Å². The predicted molar refractivity (Wildman–Crippen MR) is 125 cm³/mol. The molecule has 4 aromatic rings. The Labute approximate surface area is 207 Å². The molecule has 0 spiro atoms. The molecule has 196 valence electrons. The highest BCUT2D eigenvalue weighted by molar-refractivity contribution is 5.79. The lowest BCUT2D eigenvalue weighted by Crippen LogP contribution is -2.28. The highest BCUT2D eigenvalue weighted by atomic mass is 19.4. The zero-order valence-corrected chi connectivity index (χ0v) is 19.6. The zero-order valence-electron chi connectivity index (χ0n) is 19.6. The molecule has 2 aromatic carbocycles. The lowest BCUT2D eigenvalue weighted by atomic mass is 10.1. The van der Waals surface area contributed by atoms with Crippen LogP contribution in [0.15, 0.2) is 53.3 Å². The van der Waals surface area contributed by atoms with E-state index in [-0.39, 0.29) is 48.8 Å². The van der Waals surface area contributed by atoms with Gasteiger partial charge >= 0.3 is 12.1 Å². The molecule has 5 rings (SSSR count). The molecule has 1 fully saturated rings. The lowest BCUT2D eigenvalue weighted by Gasteiger charge is -2.16. The van der Waals surface area contributed by atoms with Gasteiger partial charge in [-0.25, -0.2) is 13.9 Å². The third-order valence-electron chi connectivity index (χ3n) is 5.91. The molecule has 1 aliphatic heterocycles. The Morgan fingerprint density at radius 3 is 2.59 bits per heavy atom. The Morgan fingerprint density at radius 1 is 1.14 bits per heavy atom. The number of aromatic amines is 1. The van der Waals surface area contributed by atoms with Crippen LogP contribution in [0, 0.1) is 0 Å². The van der Waals surface area contributed by atoms with Crippen molar-refractivity contribution < 1.29 is 31.8 Å². The number of fused-ring (bicyclic) bond motifs is 1. The van der Waals surface area contributed by atoms with E-state index in [1.807, 2.05) is 6.07 Å². The van der Waals surface area contributed by atoms with E-state index in [1.54, 1.807) is 24.3 Å². The van der Waals surface area contributed by atoms with Gasteiger partial charge in [-0.1, -0.05) is 24.3 Å². The summed E-state index contributed by atoms with van der Waals surface area (Å²) in [6, 6.07) is 13.0. The van der Waals surface area contributed by atoms with Crippen LogP contribution in [0.1, 0.15) is 11.1 Å². The molecule has 1 aliphatic rings. The van der Waals surface area contributed by atoms with Gasteiger partial charge in [0.1, 0.15) is 11.9 Å². The van der Waals surface area contributed by atoms with Crippen LogP contribution in [0.25, 0.3) is 16.9 Å². The van der Waals surface area contributed by atoms with E-state index < -0.39 is 30.1 Å². The zero-order chi connectivity index (χ0) is 26.2. The van der Waals surface area contributed by atoms with Crippen LogP contribution in [-0.4, -0.2) is 58.2 Å². The second kappa shape index (κ2) is 9.90. The molecule has 2 N–H and O–H groups in total. The minimum Gasteiger partial charge on any atom is -0.467 e. The molecule has 3 heterocycles. The highest BCUT2D eigenvalue weighted by Crippen LogP contribution is 2.31. The summed E-state index contributed by atoms with van der Waals surface area (Å²) in [5.41, 5.74) is 1.08. The number of methoxy groups -OCH3 is 1. The average Bonchev–Trinajstić information content (AvgIpc) is 3.51. The molecule has 0 saturated carbocycles. The van der Waals surface area contributed by atoms with Crippen LogP contribution in [0.3, 0.4) is 0 Å². The average molecular weight is 521 g/mol. The van der Waals surface area contributed by atoms with E-state index in [1.165, 1.54) is 34.6 Å². The van der Waals surface area contributed by atoms with E-state index in [0.29, 0.717) is 11.3 Å². The number of ether oxygens (including phenoxy) is 3. The van der Waals surface area contributed by atoms with Crippen molar-refractivity contribution in [2.45, 2.75) is 31.8 Å². The van der Waals surface area contributed by atoms with Gasteiger partial charge in [-0.3, -0.25) is 9.55 Å². The first kappa shape index (κ1) is 24.8. The third-order valence-corrected chi connectivity index (χ3v) is 5.91. The number of halogens is 4. The second-order valence-corrected chi connectivity index (χ2v) is 8.52. The van der Waals surface area contributed by atoms with Crippen molar-refractivity contribution in [1.29, 1.82) is 0 Å². The molecule has 2 aromatic heterocycles. The maximum absolute atomic E-state index is 14.4.